The van der Waals surface area contributed by atoms with Crippen LogP contribution in [-0.2, 0) is 4.79 Å². The molecule has 2 rings (SSSR count). The van der Waals surface area contributed by atoms with Crippen molar-refractivity contribution in [3.63, 3.8) is 0 Å². The van der Waals surface area contributed by atoms with Crippen LogP contribution in [0.1, 0.15) is 5.56 Å². The Bertz CT molecular complexity index is 514. The van der Waals surface area contributed by atoms with Gasteiger partial charge in [0, 0.05) is 0 Å². The molecule has 1 aliphatic rings. The number of nitrogens with one attached hydrogen (secondary N) is 2. The van der Waals surface area contributed by atoms with E-state index < -0.39 is 0 Å². The second-order valence-electron chi connectivity index (χ2n) is 3.14. The molecule has 0 aromatic heterocycles. The average Bonchev–Trinajstić information content (AvgIpc) is 2.51. The summed E-state index contributed by atoms with van der Waals surface area (Å²) >= 11 is 16.4. The zero-order valence-corrected chi connectivity index (χ0v) is 10.2. The molecule has 1 aliphatic heterocycles. The lowest BCUT2D eigenvalue weighted by Gasteiger charge is -1.99. The summed E-state index contributed by atoms with van der Waals surface area (Å²) < 4.78 is 0. The number of halogens is 2. The molecule has 0 spiro atoms. The topological polar surface area (TPSA) is 41.1 Å². The van der Waals surface area contributed by atoms with E-state index in [9.17, 15) is 4.79 Å². The van der Waals surface area contributed by atoms with E-state index in [4.69, 9.17) is 35.4 Å². The fourth-order valence-corrected chi connectivity index (χ4v) is 1.76. The second kappa shape index (κ2) is 4.41. The van der Waals surface area contributed by atoms with Crippen LogP contribution in [0.2, 0.25) is 10.0 Å². The van der Waals surface area contributed by atoms with E-state index in [1.54, 1.807) is 24.3 Å². The lowest BCUT2D eigenvalue weighted by molar-refractivity contribution is -0.115. The molecular formula is C10H6Cl2N2OS. The van der Waals surface area contributed by atoms with Crippen molar-refractivity contribution in [1.29, 1.82) is 0 Å². The highest BCUT2D eigenvalue weighted by atomic mass is 35.5. The van der Waals surface area contributed by atoms with E-state index in [1.165, 1.54) is 0 Å². The molecule has 1 aromatic carbocycles. The average molecular weight is 273 g/mol. The van der Waals surface area contributed by atoms with Gasteiger partial charge in [-0.05, 0) is 36.0 Å². The molecule has 1 amide bonds. The first kappa shape index (κ1) is 11.4. The fraction of sp³-hybridized carbons (Fsp3) is 0. The highest BCUT2D eigenvalue weighted by Crippen LogP contribution is 2.23. The van der Waals surface area contributed by atoms with Gasteiger partial charge < -0.3 is 5.32 Å². The highest BCUT2D eigenvalue weighted by molar-refractivity contribution is 7.80. The van der Waals surface area contributed by atoms with Crippen molar-refractivity contribution in [2.45, 2.75) is 0 Å². The Labute approximate surface area is 107 Å². The molecule has 3 nitrogen and oxygen atoms in total. The number of hydrogen-bond donors (Lipinski definition) is 2. The van der Waals surface area contributed by atoms with E-state index in [0.717, 1.165) is 5.56 Å². The molecule has 82 valence electrons. The molecule has 1 aromatic rings. The molecule has 2 N–H and O–H groups in total. The number of benzene rings is 1. The Morgan fingerprint density at radius 2 is 1.94 bits per heavy atom. The normalized spacial score (nSPS) is 17.5. The van der Waals surface area contributed by atoms with Crippen molar-refractivity contribution in [1.82, 2.24) is 10.6 Å². The summed E-state index contributed by atoms with van der Waals surface area (Å²) in [7, 11) is 0. The van der Waals surface area contributed by atoms with Gasteiger partial charge in [-0.15, -0.1) is 0 Å². The molecule has 0 atom stereocenters. The molecule has 0 radical (unpaired) electrons. The van der Waals surface area contributed by atoms with E-state index in [1.807, 2.05) is 0 Å². The molecule has 1 fully saturated rings. The van der Waals surface area contributed by atoms with E-state index in [-0.39, 0.29) is 5.91 Å². The lowest BCUT2D eigenvalue weighted by Crippen LogP contribution is -2.21. The maximum atomic E-state index is 11.4. The Balaban J connectivity index is 2.32. The summed E-state index contributed by atoms with van der Waals surface area (Å²) in [4.78, 5) is 11.4. The van der Waals surface area contributed by atoms with Crippen molar-refractivity contribution in [3.8, 4) is 0 Å². The first-order valence-electron chi connectivity index (χ1n) is 4.35. The van der Waals surface area contributed by atoms with Crippen LogP contribution in [0.4, 0.5) is 0 Å². The number of carbonyl (C=O) groups is 1. The maximum Gasteiger partial charge on any atom is 0.273 e. The first-order chi connectivity index (χ1) is 7.56. The third-order valence-electron chi connectivity index (χ3n) is 1.97. The third-order valence-corrected chi connectivity index (χ3v) is 2.92. The molecule has 1 heterocycles. The number of hydrogen-bond acceptors (Lipinski definition) is 2. The quantitative estimate of drug-likeness (QED) is 0.609. The highest BCUT2D eigenvalue weighted by Gasteiger charge is 2.19. The Kier molecular flexibility index (Phi) is 3.14. The van der Waals surface area contributed by atoms with Crippen LogP contribution in [0.25, 0.3) is 6.08 Å². The van der Waals surface area contributed by atoms with Crippen LogP contribution in [-0.4, -0.2) is 11.0 Å². The third kappa shape index (κ3) is 2.35. The Morgan fingerprint density at radius 3 is 2.50 bits per heavy atom. The van der Waals surface area contributed by atoms with Gasteiger partial charge >= 0.3 is 0 Å². The van der Waals surface area contributed by atoms with E-state index in [0.29, 0.717) is 20.9 Å². The van der Waals surface area contributed by atoms with Crippen molar-refractivity contribution in [2.24, 2.45) is 0 Å². The Morgan fingerprint density at radius 1 is 1.19 bits per heavy atom. The minimum Gasteiger partial charge on any atom is -0.328 e. The van der Waals surface area contributed by atoms with Crippen LogP contribution in [0.5, 0.6) is 0 Å². The predicted molar refractivity (Wildman–Crippen MR) is 68.3 cm³/mol. The van der Waals surface area contributed by atoms with Crippen LogP contribution in [0, 0.1) is 0 Å². The SMILES string of the molecule is O=C1NC(=S)N/C1=C/c1ccc(Cl)c(Cl)c1. The maximum absolute atomic E-state index is 11.4. The summed E-state index contributed by atoms with van der Waals surface area (Å²) in [6, 6.07) is 5.10. The molecule has 0 aliphatic carbocycles. The van der Waals surface area contributed by atoms with Gasteiger partial charge in [0.15, 0.2) is 5.11 Å². The zero-order chi connectivity index (χ0) is 11.7. The van der Waals surface area contributed by atoms with E-state index >= 15 is 0 Å². The second-order valence-corrected chi connectivity index (χ2v) is 4.36. The predicted octanol–water partition coefficient (Wildman–Crippen LogP) is 2.34. The van der Waals surface area contributed by atoms with Crippen LogP contribution >= 0.6 is 35.4 Å². The fourth-order valence-electron chi connectivity index (χ4n) is 1.25. The molecule has 16 heavy (non-hydrogen) atoms. The minimum absolute atomic E-state index is 0.254. The monoisotopic (exact) mass is 272 g/mol. The standard InChI is InChI=1S/C10H6Cl2N2OS/c11-6-2-1-5(3-7(6)12)4-8-9(15)14-10(16)13-8/h1-4H,(H2,13,14,15,16)/b8-4+. The Hall–Kier alpha value is -1.10. The van der Waals surface area contributed by atoms with Gasteiger partial charge in [0.25, 0.3) is 5.91 Å². The van der Waals surface area contributed by atoms with Crippen molar-refractivity contribution < 1.29 is 4.79 Å². The van der Waals surface area contributed by atoms with Crippen molar-refractivity contribution >= 4 is 52.5 Å². The molecular weight excluding hydrogens is 267 g/mol. The lowest BCUT2D eigenvalue weighted by atomic mass is 10.2. The van der Waals surface area contributed by atoms with Gasteiger partial charge in [0.05, 0.1) is 10.0 Å². The number of thiocarbonyl (C=S) groups is 1. The van der Waals surface area contributed by atoms with Gasteiger partial charge in [-0.2, -0.15) is 0 Å². The smallest absolute Gasteiger partial charge is 0.273 e. The van der Waals surface area contributed by atoms with Crippen LogP contribution in [0.3, 0.4) is 0 Å². The number of carbonyl (C=O) groups excluding carboxylic acids is 1. The van der Waals surface area contributed by atoms with Crippen molar-refractivity contribution in [2.75, 3.05) is 0 Å². The van der Waals surface area contributed by atoms with Crippen LogP contribution < -0.4 is 10.6 Å². The number of rotatable bonds is 1. The van der Waals surface area contributed by atoms with Gasteiger partial charge in [-0.25, -0.2) is 0 Å². The summed E-state index contributed by atoms with van der Waals surface area (Å²) in [6.45, 7) is 0. The molecule has 0 bridgehead atoms. The van der Waals surface area contributed by atoms with E-state index in [2.05, 4.69) is 10.6 Å². The summed E-state index contributed by atoms with van der Waals surface area (Å²) in [6.07, 6.45) is 1.65. The summed E-state index contributed by atoms with van der Waals surface area (Å²) in [5.74, 6) is -0.254. The largest absolute Gasteiger partial charge is 0.328 e. The van der Waals surface area contributed by atoms with Gasteiger partial charge in [0.2, 0.25) is 0 Å². The van der Waals surface area contributed by atoms with Gasteiger partial charge in [0.1, 0.15) is 5.70 Å². The van der Waals surface area contributed by atoms with Crippen LogP contribution in [0.15, 0.2) is 23.9 Å². The molecule has 6 heteroatoms. The summed E-state index contributed by atoms with van der Waals surface area (Å²) in [5, 5.41) is 6.43. The molecule has 0 unspecified atom stereocenters. The van der Waals surface area contributed by atoms with Gasteiger partial charge in [-0.1, -0.05) is 29.3 Å². The summed E-state index contributed by atoms with van der Waals surface area (Å²) in [5.41, 5.74) is 1.17. The molecule has 0 saturated carbocycles. The zero-order valence-electron chi connectivity index (χ0n) is 7.88. The molecule has 1 saturated heterocycles. The van der Waals surface area contributed by atoms with Crippen molar-refractivity contribution in [3.05, 3.63) is 39.5 Å². The first-order valence-corrected chi connectivity index (χ1v) is 5.52. The minimum atomic E-state index is -0.254. The van der Waals surface area contributed by atoms with Gasteiger partial charge in [-0.3, -0.25) is 10.1 Å². The number of amides is 1.